The lowest BCUT2D eigenvalue weighted by Gasteiger charge is -2.39. The SMILES string of the molecule is Cc1cc(-c2ccc(CC(=O)CC3c4ccccc4OCC3(C)C)cc2)ccn1. The van der Waals surface area contributed by atoms with E-state index in [1.165, 1.54) is 0 Å². The molecule has 0 bridgehead atoms. The maximum atomic E-state index is 12.9. The van der Waals surface area contributed by atoms with Gasteiger partial charge in [-0.1, -0.05) is 56.3 Å². The lowest BCUT2D eigenvalue weighted by atomic mass is 9.71. The molecule has 3 heteroatoms. The van der Waals surface area contributed by atoms with Crippen molar-refractivity contribution in [3.8, 4) is 16.9 Å². The maximum absolute atomic E-state index is 12.9. The van der Waals surface area contributed by atoms with Crippen molar-refractivity contribution < 1.29 is 9.53 Å². The molecular weight excluding hydrogens is 358 g/mol. The number of carbonyl (C=O) groups is 1. The summed E-state index contributed by atoms with van der Waals surface area (Å²) < 4.78 is 5.92. The molecule has 3 nitrogen and oxygen atoms in total. The number of hydrogen-bond acceptors (Lipinski definition) is 3. The number of rotatable bonds is 5. The van der Waals surface area contributed by atoms with Gasteiger partial charge in [-0.2, -0.15) is 0 Å². The van der Waals surface area contributed by atoms with Crippen molar-refractivity contribution in [2.45, 2.75) is 39.5 Å². The molecule has 0 fully saturated rings. The minimum atomic E-state index is -0.0624. The van der Waals surface area contributed by atoms with Crippen LogP contribution in [0.3, 0.4) is 0 Å². The molecule has 1 aromatic heterocycles. The zero-order valence-corrected chi connectivity index (χ0v) is 17.3. The van der Waals surface area contributed by atoms with Crippen LogP contribution in [0.25, 0.3) is 11.1 Å². The van der Waals surface area contributed by atoms with E-state index in [1.807, 2.05) is 37.4 Å². The summed E-state index contributed by atoms with van der Waals surface area (Å²) in [5.41, 5.74) is 5.44. The second-order valence-electron chi connectivity index (χ2n) is 8.67. The van der Waals surface area contributed by atoms with Crippen molar-refractivity contribution in [3.63, 3.8) is 0 Å². The first-order valence-corrected chi connectivity index (χ1v) is 10.2. The first-order valence-electron chi connectivity index (χ1n) is 10.2. The van der Waals surface area contributed by atoms with Crippen molar-refractivity contribution in [1.29, 1.82) is 0 Å². The van der Waals surface area contributed by atoms with E-state index in [0.717, 1.165) is 33.7 Å². The molecule has 0 amide bonds. The van der Waals surface area contributed by atoms with Gasteiger partial charge in [-0.15, -0.1) is 0 Å². The number of pyridine rings is 1. The van der Waals surface area contributed by atoms with Crippen molar-refractivity contribution in [3.05, 3.63) is 83.7 Å². The van der Waals surface area contributed by atoms with Gasteiger partial charge in [0, 0.05) is 36.1 Å². The van der Waals surface area contributed by atoms with Gasteiger partial charge in [0.05, 0.1) is 6.61 Å². The van der Waals surface area contributed by atoms with Crippen LogP contribution in [0, 0.1) is 12.3 Å². The van der Waals surface area contributed by atoms with E-state index in [1.54, 1.807) is 0 Å². The molecule has 0 aliphatic carbocycles. The summed E-state index contributed by atoms with van der Waals surface area (Å²) in [6.07, 6.45) is 2.83. The first-order chi connectivity index (χ1) is 13.9. The van der Waals surface area contributed by atoms with Gasteiger partial charge in [-0.3, -0.25) is 9.78 Å². The number of Topliss-reactive ketones (excluding diaryl/α,β-unsaturated/α-hetero) is 1. The van der Waals surface area contributed by atoms with Crippen molar-refractivity contribution in [2.75, 3.05) is 6.61 Å². The van der Waals surface area contributed by atoms with Gasteiger partial charge in [0.2, 0.25) is 0 Å². The Bertz CT molecular complexity index is 1020. The highest BCUT2D eigenvalue weighted by Crippen LogP contribution is 2.46. The van der Waals surface area contributed by atoms with Gasteiger partial charge in [0.25, 0.3) is 0 Å². The van der Waals surface area contributed by atoms with Crippen LogP contribution in [-0.4, -0.2) is 17.4 Å². The number of hydrogen-bond donors (Lipinski definition) is 0. The fourth-order valence-corrected chi connectivity index (χ4v) is 4.14. The molecule has 29 heavy (non-hydrogen) atoms. The Morgan fingerprint density at radius 2 is 1.83 bits per heavy atom. The second-order valence-corrected chi connectivity index (χ2v) is 8.67. The number of ketones is 1. The van der Waals surface area contributed by atoms with Crippen LogP contribution in [0.1, 0.15) is 43.0 Å². The smallest absolute Gasteiger partial charge is 0.137 e. The van der Waals surface area contributed by atoms with Gasteiger partial charge >= 0.3 is 0 Å². The molecule has 1 unspecified atom stereocenters. The number of carbonyl (C=O) groups excluding carboxylic acids is 1. The van der Waals surface area contributed by atoms with Gasteiger partial charge in [-0.05, 0) is 47.4 Å². The summed E-state index contributed by atoms with van der Waals surface area (Å²) in [6, 6.07) is 20.5. The first kappa shape index (κ1) is 19.4. The van der Waals surface area contributed by atoms with Crippen LogP contribution < -0.4 is 4.74 Å². The second kappa shape index (κ2) is 7.82. The molecule has 3 aromatic rings. The molecule has 0 N–H and O–H groups in total. The molecule has 0 spiro atoms. The lowest BCUT2D eigenvalue weighted by Crippen LogP contribution is -2.35. The molecular formula is C26H27NO2. The number of nitrogens with zero attached hydrogens (tertiary/aromatic N) is 1. The van der Waals surface area contributed by atoms with Crippen LogP contribution in [0.5, 0.6) is 5.75 Å². The summed E-state index contributed by atoms with van der Waals surface area (Å²) in [4.78, 5) is 17.2. The number of ether oxygens (including phenoxy) is 1. The Morgan fingerprint density at radius 3 is 2.59 bits per heavy atom. The standard InChI is InChI=1S/C26H27NO2/c1-18-14-21(12-13-27-18)20-10-8-19(9-11-20)15-22(28)16-24-23-6-4-5-7-25(23)29-17-26(24,2)3/h4-14,24H,15-17H2,1-3H3. The maximum Gasteiger partial charge on any atom is 0.137 e. The summed E-state index contributed by atoms with van der Waals surface area (Å²) in [5.74, 6) is 1.37. The molecule has 4 rings (SSSR count). The monoisotopic (exact) mass is 385 g/mol. The topological polar surface area (TPSA) is 39.2 Å². The van der Waals surface area contributed by atoms with E-state index >= 15 is 0 Å². The summed E-state index contributed by atoms with van der Waals surface area (Å²) in [7, 11) is 0. The minimum Gasteiger partial charge on any atom is -0.493 e. The normalized spacial score (nSPS) is 17.3. The predicted octanol–water partition coefficient (Wildman–Crippen LogP) is 5.76. The molecule has 1 aliphatic heterocycles. The van der Waals surface area contributed by atoms with E-state index in [0.29, 0.717) is 19.4 Å². The Morgan fingerprint density at radius 1 is 1.07 bits per heavy atom. The molecule has 148 valence electrons. The molecule has 0 saturated heterocycles. The highest BCUT2D eigenvalue weighted by atomic mass is 16.5. The van der Waals surface area contributed by atoms with Crippen LogP contribution in [0.2, 0.25) is 0 Å². The van der Waals surface area contributed by atoms with E-state index in [9.17, 15) is 4.79 Å². The number of aryl methyl sites for hydroxylation is 1. The summed E-state index contributed by atoms with van der Waals surface area (Å²) in [6.45, 7) is 7.01. The number of fused-ring (bicyclic) bond motifs is 1. The van der Waals surface area contributed by atoms with Crippen molar-refractivity contribution in [2.24, 2.45) is 5.41 Å². The van der Waals surface area contributed by atoms with Crippen molar-refractivity contribution in [1.82, 2.24) is 4.98 Å². The third-order valence-corrected chi connectivity index (χ3v) is 5.85. The highest BCUT2D eigenvalue weighted by molar-refractivity contribution is 5.82. The van der Waals surface area contributed by atoms with Gasteiger partial charge in [0.15, 0.2) is 0 Å². The Hall–Kier alpha value is -2.94. The zero-order valence-electron chi connectivity index (χ0n) is 17.3. The van der Waals surface area contributed by atoms with E-state index < -0.39 is 0 Å². The predicted molar refractivity (Wildman–Crippen MR) is 116 cm³/mol. The largest absolute Gasteiger partial charge is 0.493 e. The van der Waals surface area contributed by atoms with Crippen LogP contribution in [0.4, 0.5) is 0 Å². The van der Waals surface area contributed by atoms with Gasteiger partial charge in [0.1, 0.15) is 11.5 Å². The third kappa shape index (κ3) is 4.24. The van der Waals surface area contributed by atoms with E-state index in [-0.39, 0.29) is 17.1 Å². The molecule has 0 saturated carbocycles. The van der Waals surface area contributed by atoms with Crippen LogP contribution >= 0.6 is 0 Å². The van der Waals surface area contributed by atoms with E-state index in [2.05, 4.69) is 55.2 Å². The van der Waals surface area contributed by atoms with Gasteiger partial charge < -0.3 is 4.74 Å². The molecule has 1 atom stereocenters. The van der Waals surface area contributed by atoms with E-state index in [4.69, 9.17) is 4.74 Å². The molecule has 1 aliphatic rings. The Labute approximate surface area is 172 Å². The molecule has 2 aromatic carbocycles. The quantitative estimate of drug-likeness (QED) is 0.560. The fraction of sp³-hybridized carbons (Fsp3) is 0.308. The van der Waals surface area contributed by atoms with Crippen molar-refractivity contribution >= 4 is 5.78 Å². The average molecular weight is 386 g/mol. The number of aromatic nitrogens is 1. The Balaban J connectivity index is 1.47. The lowest BCUT2D eigenvalue weighted by molar-refractivity contribution is -0.119. The van der Waals surface area contributed by atoms with Gasteiger partial charge in [-0.25, -0.2) is 0 Å². The average Bonchev–Trinajstić information content (AvgIpc) is 2.71. The molecule has 0 radical (unpaired) electrons. The van der Waals surface area contributed by atoms with Crippen LogP contribution in [-0.2, 0) is 11.2 Å². The van der Waals surface area contributed by atoms with Crippen LogP contribution in [0.15, 0.2) is 66.9 Å². The fourth-order valence-electron chi connectivity index (χ4n) is 4.14. The Kier molecular flexibility index (Phi) is 5.23. The minimum absolute atomic E-state index is 0.0624. The highest BCUT2D eigenvalue weighted by Gasteiger charge is 2.38. The molecule has 2 heterocycles. The number of benzene rings is 2. The third-order valence-electron chi connectivity index (χ3n) is 5.85. The summed E-state index contributed by atoms with van der Waals surface area (Å²) >= 11 is 0. The zero-order chi connectivity index (χ0) is 20.4. The number of para-hydroxylation sites is 1. The summed E-state index contributed by atoms with van der Waals surface area (Å²) in [5, 5.41) is 0.